The Kier molecular flexibility index (Phi) is 3.46. The summed E-state index contributed by atoms with van der Waals surface area (Å²) in [6.07, 6.45) is 3.23. The van der Waals surface area contributed by atoms with Gasteiger partial charge in [0, 0.05) is 30.3 Å². The molecule has 2 saturated heterocycles. The number of nitrogens with one attached hydrogen (secondary N) is 1. The Morgan fingerprint density at radius 2 is 2.06 bits per heavy atom. The number of hydrogen-bond acceptors (Lipinski definition) is 3. The molecule has 2 aliphatic rings. The van der Waals surface area contributed by atoms with Crippen molar-refractivity contribution in [3.63, 3.8) is 0 Å². The van der Waals surface area contributed by atoms with Crippen molar-refractivity contribution in [1.29, 1.82) is 0 Å². The largest absolute Gasteiger partial charge is 0.371 e. The standard InChI is InChI=1S/C14H19ClN2O/c1-16-7-10-2-3-11(6-14(10)15)17-8-12-4-5-13(9-17)18-12/h2-3,6,12-13,16H,4-5,7-9H2,1H3. The molecule has 0 aromatic heterocycles. The van der Waals surface area contributed by atoms with Gasteiger partial charge in [-0.05, 0) is 37.6 Å². The minimum atomic E-state index is 0.416. The number of anilines is 1. The number of rotatable bonds is 3. The summed E-state index contributed by atoms with van der Waals surface area (Å²) in [5.74, 6) is 0. The zero-order valence-electron chi connectivity index (χ0n) is 10.7. The van der Waals surface area contributed by atoms with Crippen molar-refractivity contribution in [3.05, 3.63) is 28.8 Å². The molecule has 4 heteroatoms. The highest BCUT2D eigenvalue weighted by molar-refractivity contribution is 6.31. The first-order chi connectivity index (χ1) is 8.76. The fourth-order valence-corrected chi connectivity index (χ4v) is 3.13. The maximum Gasteiger partial charge on any atom is 0.0755 e. The van der Waals surface area contributed by atoms with E-state index in [0.29, 0.717) is 12.2 Å². The van der Waals surface area contributed by atoms with Crippen LogP contribution in [0.5, 0.6) is 0 Å². The Balaban J connectivity index is 1.78. The van der Waals surface area contributed by atoms with Crippen LogP contribution in [0.3, 0.4) is 0 Å². The van der Waals surface area contributed by atoms with Gasteiger partial charge in [-0.15, -0.1) is 0 Å². The molecule has 2 bridgehead atoms. The van der Waals surface area contributed by atoms with E-state index >= 15 is 0 Å². The van der Waals surface area contributed by atoms with E-state index < -0.39 is 0 Å². The van der Waals surface area contributed by atoms with Crippen LogP contribution in [-0.4, -0.2) is 32.3 Å². The lowest BCUT2D eigenvalue weighted by molar-refractivity contribution is 0.0305. The molecule has 98 valence electrons. The third-order valence-electron chi connectivity index (χ3n) is 3.81. The van der Waals surface area contributed by atoms with Crippen LogP contribution in [-0.2, 0) is 11.3 Å². The topological polar surface area (TPSA) is 24.5 Å². The summed E-state index contributed by atoms with van der Waals surface area (Å²) in [5, 5.41) is 3.98. The van der Waals surface area contributed by atoms with Crippen LogP contribution in [0.4, 0.5) is 5.69 Å². The lowest BCUT2D eigenvalue weighted by Gasteiger charge is -2.34. The van der Waals surface area contributed by atoms with Crippen LogP contribution in [0.25, 0.3) is 0 Å². The summed E-state index contributed by atoms with van der Waals surface area (Å²) in [6, 6.07) is 6.37. The Bertz CT molecular complexity index is 426. The zero-order valence-corrected chi connectivity index (χ0v) is 11.4. The second-order valence-electron chi connectivity index (χ2n) is 5.17. The summed E-state index contributed by atoms with van der Waals surface area (Å²) >= 11 is 6.32. The van der Waals surface area contributed by atoms with E-state index in [1.165, 1.54) is 18.5 Å². The quantitative estimate of drug-likeness (QED) is 0.909. The molecule has 0 radical (unpaired) electrons. The van der Waals surface area contributed by atoms with Crippen molar-refractivity contribution >= 4 is 17.3 Å². The number of nitrogens with zero attached hydrogens (tertiary/aromatic N) is 1. The molecule has 1 N–H and O–H groups in total. The van der Waals surface area contributed by atoms with Gasteiger partial charge < -0.3 is 15.0 Å². The van der Waals surface area contributed by atoms with Crippen LogP contribution in [0, 0.1) is 0 Å². The summed E-state index contributed by atoms with van der Waals surface area (Å²) in [5.41, 5.74) is 2.37. The first-order valence-corrected chi connectivity index (χ1v) is 6.97. The number of hydrogen-bond donors (Lipinski definition) is 1. The average molecular weight is 267 g/mol. The van der Waals surface area contributed by atoms with Crippen molar-refractivity contribution in [1.82, 2.24) is 5.32 Å². The predicted molar refractivity (Wildman–Crippen MR) is 74.3 cm³/mol. The smallest absolute Gasteiger partial charge is 0.0755 e. The highest BCUT2D eigenvalue weighted by atomic mass is 35.5. The molecule has 2 atom stereocenters. The van der Waals surface area contributed by atoms with Gasteiger partial charge in [0.25, 0.3) is 0 Å². The number of halogens is 1. The van der Waals surface area contributed by atoms with Crippen molar-refractivity contribution in [2.45, 2.75) is 31.6 Å². The molecule has 1 aromatic rings. The minimum Gasteiger partial charge on any atom is -0.371 e. The third-order valence-corrected chi connectivity index (χ3v) is 4.16. The molecule has 0 spiro atoms. The van der Waals surface area contributed by atoms with Crippen LogP contribution < -0.4 is 10.2 Å². The molecule has 1 aromatic carbocycles. The van der Waals surface area contributed by atoms with Gasteiger partial charge in [-0.3, -0.25) is 0 Å². The average Bonchev–Trinajstić information content (AvgIpc) is 2.71. The van der Waals surface area contributed by atoms with E-state index in [1.807, 2.05) is 7.05 Å². The van der Waals surface area contributed by atoms with Gasteiger partial charge in [-0.25, -0.2) is 0 Å². The molecule has 3 rings (SSSR count). The van der Waals surface area contributed by atoms with Crippen molar-refractivity contribution in [2.24, 2.45) is 0 Å². The van der Waals surface area contributed by atoms with Crippen LogP contribution >= 0.6 is 11.6 Å². The molecule has 18 heavy (non-hydrogen) atoms. The SMILES string of the molecule is CNCc1ccc(N2CC3CCC(C2)O3)cc1Cl. The molecule has 2 heterocycles. The number of fused-ring (bicyclic) bond motifs is 2. The van der Waals surface area contributed by atoms with Gasteiger partial charge in [0.1, 0.15) is 0 Å². The predicted octanol–water partition coefficient (Wildman–Crippen LogP) is 2.43. The molecule has 3 nitrogen and oxygen atoms in total. The summed E-state index contributed by atoms with van der Waals surface area (Å²) in [4.78, 5) is 2.40. The van der Waals surface area contributed by atoms with Crippen LogP contribution in [0.15, 0.2) is 18.2 Å². The van der Waals surface area contributed by atoms with Crippen LogP contribution in [0.2, 0.25) is 5.02 Å². The van der Waals surface area contributed by atoms with Crippen LogP contribution in [0.1, 0.15) is 18.4 Å². The van der Waals surface area contributed by atoms with Gasteiger partial charge in [0.05, 0.1) is 12.2 Å². The molecule has 2 fully saturated rings. The molecule has 0 saturated carbocycles. The second-order valence-corrected chi connectivity index (χ2v) is 5.58. The van der Waals surface area contributed by atoms with Crippen molar-refractivity contribution in [2.75, 3.05) is 25.0 Å². The summed E-state index contributed by atoms with van der Waals surface area (Å²) < 4.78 is 5.86. The van der Waals surface area contributed by atoms with Gasteiger partial charge in [0.15, 0.2) is 0 Å². The first kappa shape index (κ1) is 12.3. The lowest BCUT2D eigenvalue weighted by atomic mass is 10.1. The molecule has 0 aliphatic carbocycles. The van der Waals surface area contributed by atoms with E-state index in [1.54, 1.807) is 0 Å². The Hall–Kier alpha value is -0.770. The normalized spacial score (nSPS) is 26.7. The Morgan fingerprint density at radius 3 is 2.67 bits per heavy atom. The molecular weight excluding hydrogens is 248 g/mol. The number of morpholine rings is 1. The second kappa shape index (κ2) is 5.08. The monoisotopic (exact) mass is 266 g/mol. The summed E-state index contributed by atoms with van der Waals surface area (Å²) in [7, 11) is 1.93. The van der Waals surface area contributed by atoms with Gasteiger partial charge in [0.2, 0.25) is 0 Å². The van der Waals surface area contributed by atoms with Crippen molar-refractivity contribution in [3.8, 4) is 0 Å². The fraction of sp³-hybridized carbons (Fsp3) is 0.571. The van der Waals surface area contributed by atoms with E-state index in [2.05, 4.69) is 28.4 Å². The highest BCUT2D eigenvalue weighted by Crippen LogP contribution is 2.31. The van der Waals surface area contributed by atoms with E-state index in [4.69, 9.17) is 16.3 Å². The molecule has 2 aliphatic heterocycles. The lowest BCUT2D eigenvalue weighted by Crippen LogP contribution is -2.42. The molecule has 0 amide bonds. The maximum absolute atomic E-state index is 6.32. The minimum absolute atomic E-state index is 0.416. The highest BCUT2D eigenvalue weighted by Gasteiger charge is 2.33. The zero-order chi connectivity index (χ0) is 12.5. The first-order valence-electron chi connectivity index (χ1n) is 6.59. The van der Waals surface area contributed by atoms with E-state index in [0.717, 1.165) is 30.2 Å². The molecule has 2 unspecified atom stereocenters. The van der Waals surface area contributed by atoms with Crippen molar-refractivity contribution < 1.29 is 4.74 Å². The van der Waals surface area contributed by atoms with Gasteiger partial charge in [-0.1, -0.05) is 17.7 Å². The van der Waals surface area contributed by atoms with Gasteiger partial charge in [-0.2, -0.15) is 0 Å². The fourth-order valence-electron chi connectivity index (χ4n) is 2.89. The third kappa shape index (κ3) is 2.35. The number of ether oxygens (including phenoxy) is 1. The van der Waals surface area contributed by atoms with Gasteiger partial charge >= 0.3 is 0 Å². The maximum atomic E-state index is 6.32. The summed E-state index contributed by atoms with van der Waals surface area (Å²) in [6.45, 7) is 2.81. The Labute approximate surface area is 113 Å². The molecular formula is C14H19ClN2O. The Morgan fingerprint density at radius 1 is 1.33 bits per heavy atom. The van der Waals surface area contributed by atoms with E-state index in [-0.39, 0.29) is 0 Å². The number of benzene rings is 1. The van der Waals surface area contributed by atoms with E-state index in [9.17, 15) is 0 Å².